The number of aryl methyl sites for hydroxylation is 1. The number of imide groups is 1. The third kappa shape index (κ3) is 8.34. The van der Waals surface area contributed by atoms with Crippen molar-refractivity contribution in [2.24, 2.45) is 7.05 Å². The van der Waals surface area contributed by atoms with Gasteiger partial charge in [-0.1, -0.05) is 31.7 Å². The Morgan fingerprint density at radius 1 is 0.930 bits per heavy atom. The largest absolute Gasteiger partial charge is 0.352 e. The third-order valence-electron chi connectivity index (χ3n) is 11.9. The van der Waals surface area contributed by atoms with Crippen molar-refractivity contribution in [3.63, 3.8) is 0 Å². The Kier molecular flexibility index (Phi) is 11.4. The molecular weight excluding hydrogens is 731 g/mol. The monoisotopic (exact) mass is 780 g/mol. The number of carbonyl (C=O) groups is 3. The summed E-state index contributed by atoms with van der Waals surface area (Å²) in [6, 6.07) is 11.1. The van der Waals surface area contributed by atoms with Crippen LogP contribution in [0.3, 0.4) is 0 Å². The second-order valence-electron chi connectivity index (χ2n) is 15.6. The summed E-state index contributed by atoms with van der Waals surface area (Å²) in [6.45, 7) is 4.84. The van der Waals surface area contributed by atoms with Crippen LogP contribution in [0.25, 0.3) is 16.6 Å². The summed E-state index contributed by atoms with van der Waals surface area (Å²) in [4.78, 5) is 48.1. The first-order valence-corrected chi connectivity index (χ1v) is 20.4. The fraction of sp³-hybridized carbons (Fsp3) is 0.476. The maximum atomic E-state index is 14.7. The van der Waals surface area contributed by atoms with E-state index >= 15 is 0 Å². The number of rotatable bonds is 14. The second kappa shape index (κ2) is 17.0. The van der Waals surface area contributed by atoms with Crippen molar-refractivity contribution in [1.29, 1.82) is 0 Å². The van der Waals surface area contributed by atoms with Crippen molar-refractivity contribution < 1.29 is 23.2 Å². The van der Waals surface area contributed by atoms with Gasteiger partial charge in [-0.25, -0.2) is 23.1 Å². The van der Waals surface area contributed by atoms with Gasteiger partial charge in [0.05, 0.1) is 17.8 Å². The molecule has 4 amide bonds. The summed E-state index contributed by atoms with van der Waals surface area (Å²) in [6.07, 6.45) is 13.9. The summed E-state index contributed by atoms with van der Waals surface area (Å²) in [7, 11) is 1.90. The number of benzene rings is 2. The molecule has 15 heteroatoms. The number of carbonyl (C=O) groups excluding carboxylic acids is 3. The fourth-order valence-electron chi connectivity index (χ4n) is 8.74. The van der Waals surface area contributed by atoms with Gasteiger partial charge in [-0.2, -0.15) is 10.2 Å². The van der Waals surface area contributed by atoms with Crippen molar-refractivity contribution >= 4 is 46.0 Å². The quantitative estimate of drug-likeness (QED) is 0.120. The van der Waals surface area contributed by atoms with Crippen LogP contribution in [0.5, 0.6) is 0 Å². The van der Waals surface area contributed by atoms with Crippen molar-refractivity contribution in [1.82, 2.24) is 39.9 Å². The van der Waals surface area contributed by atoms with E-state index in [4.69, 9.17) is 4.98 Å². The topological polar surface area (TPSA) is 133 Å². The third-order valence-corrected chi connectivity index (χ3v) is 11.9. The molecule has 2 aromatic carbocycles. The Balaban J connectivity index is 0.729. The lowest BCUT2D eigenvalue weighted by atomic mass is 9.89. The molecule has 0 bridgehead atoms. The zero-order chi connectivity index (χ0) is 39.5. The summed E-state index contributed by atoms with van der Waals surface area (Å²) < 4.78 is 32.0. The Hall–Kier alpha value is -5.44. The van der Waals surface area contributed by atoms with Gasteiger partial charge in [-0.3, -0.25) is 24.5 Å². The fourth-order valence-corrected chi connectivity index (χ4v) is 8.74. The highest BCUT2D eigenvalue weighted by Crippen LogP contribution is 2.37. The lowest BCUT2D eigenvalue weighted by Gasteiger charge is -2.32. The highest BCUT2D eigenvalue weighted by molar-refractivity contribution is 6.08. The molecule has 3 aromatic heterocycles. The minimum Gasteiger partial charge on any atom is -0.352 e. The molecular formula is C42H50F2N10O3. The molecule has 0 radical (unpaired) electrons. The van der Waals surface area contributed by atoms with E-state index in [-0.39, 0.29) is 24.3 Å². The van der Waals surface area contributed by atoms with E-state index in [2.05, 4.69) is 43.9 Å². The maximum Gasteiger partial charge on any atom is 0.329 e. The van der Waals surface area contributed by atoms with Gasteiger partial charge in [-0.05, 0) is 106 Å². The van der Waals surface area contributed by atoms with Crippen LogP contribution in [0, 0.1) is 11.6 Å². The molecule has 13 nitrogen and oxygen atoms in total. The average Bonchev–Trinajstić information content (AvgIpc) is 3.95. The number of halogens is 2. The highest BCUT2D eigenvalue weighted by Gasteiger charge is 2.31. The molecule has 0 saturated carbocycles. The van der Waals surface area contributed by atoms with Crippen LogP contribution in [-0.4, -0.2) is 86.4 Å². The van der Waals surface area contributed by atoms with E-state index in [1.165, 1.54) is 43.2 Å². The number of amides is 4. The van der Waals surface area contributed by atoms with Gasteiger partial charge in [-0.15, -0.1) is 0 Å². The summed E-state index contributed by atoms with van der Waals surface area (Å²) in [5.41, 5.74) is 3.45. The number of fused-ring (bicyclic) bond motifs is 2. The molecule has 300 valence electrons. The Morgan fingerprint density at radius 3 is 2.56 bits per heavy atom. The number of urea groups is 1. The molecule has 1 atom stereocenters. The lowest BCUT2D eigenvalue weighted by Crippen LogP contribution is -2.49. The predicted molar refractivity (Wildman–Crippen MR) is 213 cm³/mol. The summed E-state index contributed by atoms with van der Waals surface area (Å²) in [5.74, 6) is 0.311. The number of nitrogens with one attached hydrogen (secondary N) is 2. The van der Waals surface area contributed by atoms with E-state index in [1.807, 2.05) is 16.6 Å². The van der Waals surface area contributed by atoms with Crippen LogP contribution < -0.4 is 20.4 Å². The molecule has 0 spiro atoms. The van der Waals surface area contributed by atoms with Crippen molar-refractivity contribution in [2.75, 3.05) is 49.1 Å². The predicted octanol–water partition coefficient (Wildman–Crippen LogP) is 6.63. The average molecular weight is 781 g/mol. The Labute approximate surface area is 330 Å². The van der Waals surface area contributed by atoms with Gasteiger partial charge in [0.25, 0.3) is 5.91 Å². The van der Waals surface area contributed by atoms with Crippen LogP contribution in [-0.2, 0) is 11.8 Å². The summed E-state index contributed by atoms with van der Waals surface area (Å²) >= 11 is 0. The van der Waals surface area contributed by atoms with E-state index in [0.29, 0.717) is 60.4 Å². The first kappa shape index (κ1) is 38.4. The molecule has 6 heterocycles. The number of hydrogen-bond acceptors (Lipinski definition) is 8. The van der Waals surface area contributed by atoms with Gasteiger partial charge < -0.3 is 15.1 Å². The molecule has 0 aliphatic carbocycles. The highest BCUT2D eigenvalue weighted by atomic mass is 19.1. The first-order valence-electron chi connectivity index (χ1n) is 20.4. The minimum atomic E-state index is -0.470. The molecule has 3 aliphatic rings. The van der Waals surface area contributed by atoms with Gasteiger partial charge in [0.1, 0.15) is 23.0 Å². The number of aromatic nitrogens is 5. The molecule has 2 N–H and O–H groups in total. The van der Waals surface area contributed by atoms with Crippen molar-refractivity contribution in [2.45, 2.75) is 82.6 Å². The number of nitrogens with zero attached hydrogens (tertiary/aromatic N) is 8. The van der Waals surface area contributed by atoms with Crippen LogP contribution in [0.4, 0.5) is 25.2 Å². The minimum absolute atomic E-state index is 0.220. The van der Waals surface area contributed by atoms with E-state index in [1.54, 1.807) is 21.7 Å². The van der Waals surface area contributed by atoms with E-state index < -0.39 is 17.7 Å². The number of unbranched alkanes of at least 4 members (excludes halogenated alkanes) is 5. The van der Waals surface area contributed by atoms with Crippen molar-refractivity contribution in [3.8, 4) is 0 Å². The zero-order valence-electron chi connectivity index (χ0n) is 32.4. The lowest BCUT2D eigenvalue weighted by molar-refractivity contribution is -0.120. The Bertz CT molecular complexity index is 2270. The zero-order valence-corrected chi connectivity index (χ0v) is 32.4. The first-order chi connectivity index (χ1) is 27.7. The van der Waals surface area contributed by atoms with Crippen molar-refractivity contribution in [3.05, 3.63) is 83.2 Å². The van der Waals surface area contributed by atoms with Gasteiger partial charge in [0.15, 0.2) is 11.5 Å². The number of hydrogen-bond donors (Lipinski definition) is 2. The van der Waals surface area contributed by atoms with E-state index in [0.717, 1.165) is 75.1 Å². The number of piperidine rings is 1. The second-order valence-corrected chi connectivity index (χ2v) is 15.6. The normalized spacial score (nSPS) is 18.3. The van der Waals surface area contributed by atoms with Gasteiger partial charge in [0.2, 0.25) is 5.91 Å². The molecule has 5 aromatic rings. The van der Waals surface area contributed by atoms with Crippen LogP contribution in [0.2, 0.25) is 0 Å². The Morgan fingerprint density at radius 2 is 1.74 bits per heavy atom. The molecule has 57 heavy (non-hydrogen) atoms. The SMILES string of the molecule is Cn1nc(N2CCC(=O)NC2=O)c2ccc(C3CCN(CCCCCCCCNC(=O)c4cnn5ccc(N6CCCC6c6cc(F)ccc6F)nc45)CC3)cc21. The molecule has 3 saturated heterocycles. The smallest absolute Gasteiger partial charge is 0.329 e. The van der Waals surface area contributed by atoms with Gasteiger partial charge in [0, 0.05) is 50.2 Å². The van der Waals surface area contributed by atoms with Crippen LogP contribution >= 0.6 is 0 Å². The van der Waals surface area contributed by atoms with E-state index in [9.17, 15) is 23.2 Å². The molecule has 1 unspecified atom stereocenters. The van der Waals surface area contributed by atoms with Crippen LogP contribution in [0.1, 0.15) is 104 Å². The molecule has 3 aliphatic heterocycles. The van der Waals surface area contributed by atoms with Crippen LogP contribution in [0.15, 0.2) is 54.9 Å². The number of anilines is 2. The standard InChI is InChI=1S/C42H50F2N10O3/c1-50-36-25-29(10-12-31(36)40(49-50)53-23-17-38(55)48-42(53)57)28-14-21-51(22-15-28)19-7-5-3-2-4-6-18-45-41(56)33-27-46-54-24-16-37(47-39(33)54)52-20-8-9-35(52)32-26-30(43)11-13-34(32)44/h10-13,16,24-28,35H,2-9,14-15,17-23H2,1H3,(H,45,56)(H,48,55,57). The maximum absolute atomic E-state index is 14.7. The summed E-state index contributed by atoms with van der Waals surface area (Å²) in [5, 5.41) is 15.3. The molecule has 8 rings (SSSR count). The number of likely N-dealkylation sites (tertiary alicyclic amines) is 1. The molecule has 3 fully saturated rings. The van der Waals surface area contributed by atoms with Gasteiger partial charge >= 0.3 is 6.03 Å².